The van der Waals surface area contributed by atoms with E-state index in [1.54, 1.807) is 6.92 Å². The van der Waals surface area contributed by atoms with E-state index in [1.165, 1.54) is 13.8 Å². The van der Waals surface area contributed by atoms with Crippen molar-refractivity contribution in [2.45, 2.75) is 102 Å². The zero-order valence-electron chi connectivity index (χ0n) is 27.6. The Morgan fingerprint density at radius 3 is 1.46 bits per heavy atom. The molecule has 0 unspecified atom stereocenters. The molecule has 0 aliphatic rings. The van der Waals surface area contributed by atoms with Gasteiger partial charge in [-0.25, -0.2) is 14.4 Å². The Balaban J connectivity index is 6.22. The molecule has 278 valence electrons. The molecule has 0 fully saturated rings. The Morgan fingerprint density at radius 1 is 0.625 bits per heavy atom. The number of aliphatic hydroxyl groups is 1. The number of carbonyl (C=O) groups is 3. The molecule has 0 aliphatic heterocycles. The van der Waals surface area contributed by atoms with Crippen molar-refractivity contribution in [1.82, 2.24) is 0 Å². The minimum atomic E-state index is -6.49. The predicted molar refractivity (Wildman–Crippen MR) is 159 cm³/mol. The maximum Gasteiger partial charge on any atom is 0.378 e. The van der Waals surface area contributed by atoms with Crippen LogP contribution in [0.2, 0.25) is 0 Å². The van der Waals surface area contributed by atoms with E-state index in [0.29, 0.717) is 19.3 Å². The zero-order chi connectivity index (χ0) is 37.4. The van der Waals surface area contributed by atoms with Gasteiger partial charge < -0.3 is 24.1 Å². The van der Waals surface area contributed by atoms with Gasteiger partial charge in [0, 0.05) is 24.0 Å². The van der Waals surface area contributed by atoms with Crippen LogP contribution in [0.15, 0.2) is 36.5 Å². The highest BCUT2D eigenvalue weighted by atomic mass is 19.4. The number of alkyl halides is 8. The normalized spacial score (nSPS) is 12.8. The highest BCUT2D eigenvalue weighted by Crippen LogP contribution is 2.55. The zero-order valence-corrected chi connectivity index (χ0v) is 27.6. The summed E-state index contributed by atoms with van der Waals surface area (Å²) in [5, 5.41) is 8.80. The molecule has 16 heteroatoms. The molecule has 0 radical (unpaired) electrons. The number of rotatable bonds is 26. The fraction of sp³-hybridized carbons (Fsp3) is 0.719. The third kappa shape index (κ3) is 13.5. The average Bonchev–Trinajstić information content (AvgIpc) is 3.00. The molecular formula is C32H46F8O8. The lowest BCUT2D eigenvalue weighted by atomic mass is 9.83. The molecule has 48 heavy (non-hydrogen) atoms. The lowest BCUT2D eigenvalue weighted by Crippen LogP contribution is -2.62. The molecule has 0 rings (SSSR count). The fourth-order valence-corrected chi connectivity index (χ4v) is 4.07. The minimum absolute atomic E-state index is 0.0169. The molecule has 0 aromatic carbocycles. The van der Waals surface area contributed by atoms with Crippen LogP contribution in [0.25, 0.3) is 0 Å². The van der Waals surface area contributed by atoms with Crippen LogP contribution in [-0.4, -0.2) is 86.3 Å². The first kappa shape index (κ1) is 45.0. The summed E-state index contributed by atoms with van der Waals surface area (Å²) in [6.45, 7) is 10.9. The van der Waals surface area contributed by atoms with Gasteiger partial charge in [0.15, 0.2) is 0 Å². The standard InChI is InChI=1S/C32H46F8O8/c1-7-8-9-10-11-14-29(33,34)31(37,38)32(39,40)30(35,36)15-12-13-28(19-46-25(42)22(2)3,20-47-26(43)23(4)5)21-48-27(44)24(6)18-45-17-16-41/h41H,2,4,6-21H2,1,3,5H3. The van der Waals surface area contributed by atoms with E-state index in [2.05, 4.69) is 19.7 Å². The van der Waals surface area contributed by atoms with E-state index in [0.717, 1.165) is 0 Å². The molecule has 0 spiro atoms. The lowest BCUT2D eigenvalue weighted by molar-refractivity contribution is -0.368. The molecular weight excluding hydrogens is 664 g/mol. The molecule has 8 nitrogen and oxygen atoms in total. The minimum Gasteiger partial charge on any atom is -0.461 e. The number of ether oxygens (including phenoxy) is 4. The van der Waals surface area contributed by atoms with E-state index < -0.39 is 106 Å². The first-order valence-corrected chi connectivity index (χ1v) is 15.2. The van der Waals surface area contributed by atoms with Gasteiger partial charge in [0.05, 0.1) is 30.8 Å². The summed E-state index contributed by atoms with van der Waals surface area (Å²) < 4.78 is 137. The molecule has 0 aromatic rings. The van der Waals surface area contributed by atoms with Crippen molar-refractivity contribution in [3.05, 3.63) is 36.5 Å². The van der Waals surface area contributed by atoms with Crippen LogP contribution in [-0.2, 0) is 33.3 Å². The van der Waals surface area contributed by atoms with Gasteiger partial charge in [-0.15, -0.1) is 0 Å². The maximum atomic E-state index is 14.8. The third-order valence-electron chi connectivity index (χ3n) is 7.13. The summed E-state index contributed by atoms with van der Waals surface area (Å²) in [5.41, 5.74) is -2.54. The number of halogens is 8. The fourth-order valence-electron chi connectivity index (χ4n) is 4.07. The molecule has 0 saturated carbocycles. The number of carbonyl (C=O) groups excluding carboxylic acids is 3. The van der Waals surface area contributed by atoms with Gasteiger partial charge in [0.2, 0.25) is 0 Å². The third-order valence-corrected chi connectivity index (χ3v) is 7.13. The molecule has 0 atom stereocenters. The Labute approximate surface area is 275 Å². The second kappa shape index (κ2) is 19.9. The van der Waals surface area contributed by atoms with Gasteiger partial charge in [0.25, 0.3) is 0 Å². The van der Waals surface area contributed by atoms with Crippen molar-refractivity contribution in [2.24, 2.45) is 5.41 Å². The SMILES string of the molecule is C=C(C)C(=O)OCC(CCCC(F)(F)C(F)(F)C(F)(F)C(F)(F)CCCCCCC)(COC(=O)C(=C)C)COC(=O)C(=C)COCCO. The number of hydrogen-bond acceptors (Lipinski definition) is 8. The summed E-state index contributed by atoms with van der Waals surface area (Å²) in [7, 11) is 0. The van der Waals surface area contributed by atoms with E-state index >= 15 is 0 Å². The van der Waals surface area contributed by atoms with Gasteiger partial charge >= 0.3 is 41.6 Å². The van der Waals surface area contributed by atoms with Crippen LogP contribution >= 0.6 is 0 Å². The van der Waals surface area contributed by atoms with Crippen LogP contribution in [0.3, 0.4) is 0 Å². The Hall–Kier alpha value is -3.01. The quantitative estimate of drug-likeness (QED) is 0.0326. The summed E-state index contributed by atoms with van der Waals surface area (Å²) in [6.07, 6.45) is -4.64. The van der Waals surface area contributed by atoms with Crippen LogP contribution in [0.1, 0.15) is 78.6 Å². The second-order valence-electron chi connectivity index (χ2n) is 11.7. The Kier molecular flexibility index (Phi) is 18.6. The summed E-state index contributed by atoms with van der Waals surface area (Å²) >= 11 is 0. The van der Waals surface area contributed by atoms with E-state index in [9.17, 15) is 49.5 Å². The van der Waals surface area contributed by atoms with E-state index in [1.807, 2.05) is 0 Å². The number of unbranched alkanes of at least 4 members (excludes halogenated alkanes) is 4. The molecule has 0 saturated heterocycles. The highest BCUT2D eigenvalue weighted by Gasteiger charge is 2.79. The van der Waals surface area contributed by atoms with Crippen LogP contribution in [0.5, 0.6) is 0 Å². The van der Waals surface area contributed by atoms with Crippen molar-refractivity contribution in [3.63, 3.8) is 0 Å². The van der Waals surface area contributed by atoms with Crippen molar-refractivity contribution in [3.8, 4) is 0 Å². The molecule has 0 amide bonds. The first-order valence-electron chi connectivity index (χ1n) is 15.2. The van der Waals surface area contributed by atoms with Gasteiger partial charge in [-0.3, -0.25) is 0 Å². The van der Waals surface area contributed by atoms with Gasteiger partial charge in [-0.1, -0.05) is 52.3 Å². The van der Waals surface area contributed by atoms with Gasteiger partial charge in [-0.05, 0) is 33.1 Å². The lowest BCUT2D eigenvalue weighted by Gasteiger charge is -2.37. The number of esters is 3. The van der Waals surface area contributed by atoms with Gasteiger partial charge in [-0.2, -0.15) is 35.1 Å². The largest absolute Gasteiger partial charge is 0.461 e. The average molecular weight is 711 g/mol. The predicted octanol–water partition coefficient (Wildman–Crippen LogP) is 7.39. The second-order valence-corrected chi connectivity index (χ2v) is 11.7. The molecule has 0 aliphatic carbocycles. The first-order chi connectivity index (χ1) is 22.0. The van der Waals surface area contributed by atoms with Crippen molar-refractivity contribution < 1.29 is 73.6 Å². The molecule has 1 N–H and O–H groups in total. The van der Waals surface area contributed by atoms with Crippen molar-refractivity contribution in [1.29, 1.82) is 0 Å². The highest BCUT2D eigenvalue weighted by molar-refractivity contribution is 5.88. The van der Waals surface area contributed by atoms with E-state index in [4.69, 9.17) is 24.1 Å². The molecule has 0 aromatic heterocycles. The molecule has 0 heterocycles. The maximum absolute atomic E-state index is 14.8. The smallest absolute Gasteiger partial charge is 0.378 e. The van der Waals surface area contributed by atoms with E-state index in [-0.39, 0.29) is 36.4 Å². The van der Waals surface area contributed by atoms with Crippen molar-refractivity contribution >= 4 is 17.9 Å². The van der Waals surface area contributed by atoms with Crippen LogP contribution in [0.4, 0.5) is 35.1 Å². The summed E-state index contributed by atoms with van der Waals surface area (Å²) in [5.74, 6) is -27.3. The number of aliphatic hydroxyl groups excluding tert-OH is 1. The Bertz CT molecular complexity index is 1080. The molecule has 0 bridgehead atoms. The van der Waals surface area contributed by atoms with Crippen LogP contribution in [0, 0.1) is 5.41 Å². The summed E-state index contributed by atoms with van der Waals surface area (Å²) in [6, 6.07) is 0. The number of hydrogen-bond donors (Lipinski definition) is 1. The summed E-state index contributed by atoms with van der Waals surface area (Å²) in [4.78, 5) is 36.8. The Morgan fingerprint density at radius 2 is 1.04 bits per heavy atom. The topological polar surface area (TPSA) is 108 Å². The van der Waals surface area contributed by atoms with Gasteiger partial charge in [0.1, 0.15) is 19.8 Å². The van der Waals surface area contributed by atoms with Crippen molar-refractivity contribution in [2.75, 3.05) is 39.6 Å². The monoisotopic (exact) mass is 710 g/mol. The van der Waals surface area contributed by atoms with Crippen LogP contribution < -0.4 is 0 Å².